The van der Waals surface area contributed by atoms with E-state index in [1.165, 1.54) is 17.8 Å². The summed E-state index contributed by atoms with van der Waals surface area (Å²) in [5, 5.41) is 21.0. The average molecular weight is 321 g/mol. The van der Waals surface area contributed by atoms with Gasteiger partial charge in [0.1, 0.15) is 5.75 Å². The molecule has 0 aliphatic heterocycles. The summed E-state index contributed by atoms with van der Waals surface area (Å²) in [6.07, 6.45) is 3.58. The first-order valence-electron chi connectivity index (χ1n) is 4.04. The number of nitrogens with one attached hydrogen (secondary N) is 1. The van der Waals surface area contributed by atoms with Crippen LogP contribution in [0.4, 0.5) is 5.69 Å². The van der Waals surface area contributed by atoms with Crippen LogP contribution in [0, 0.1) is 11.5 Å². The average Bonchev–Trinajstić information content (AvgIpc) is 2.25. The predicted octanol–water partition coefficient (Wildman–Crippen LogP) is 3.23. The van der Waals surface area contributed by atoms with Gasteiger partial charge in [-0.3, -0.25) is 5.32 Å². The van der Waals surface area contributed by atoms with Crippen molar-refractivity contribution in [2.24, 2.45) is 4.99 Å². The van der Waals surface area contributed by atoms with Crippen molar-refractivity contribution in [1.82, 2.24) is 5.32 Å². The van der Waals surface area contributed by atoms with E-state index in [1.54, 1.807) is 18.5 Å². The first kappa shape index (κ1) is 13.2. The molecular weight excluding hydrogens is 314 g/mol. The second-order valence-corrected chi connectivity index (χ2v) is 4.67. The molecule has 1 aromatic rings. The number of benzene rings is 1. The summed E-state index contributed by atoms with van der Waals surface area (Å²) in [5.41, 5.74) is 0.543. The fourth-order valence-corrected chi connectivity index (χ4v) is 2.03. The van der Waals surface area contributed by atoms with Crippen molar-refractivity contribution < 1.29 is 5.11 Å². The second kappa shape index (κ2) is 5.99. The number of hydrogen-bond acceptors (Lipinski definition) is 4. The van der Waals surface area contributed by atoms with E-state index in [2.05, 4.69) is 26.2 Å². The van der Waals surface area contributed by atoms with Crippen LogP contribution in [0.1, 0.15) is 0 Å². The highest BCUT2D eigenvalue weighted by atomic mass is 79.9. The quantitative estimate of drug-likeness (QED) is 0.361. The lowest BCUT2D eigenvalue weighted by atomic mass is 10.3. The van der Waals surface area contributed by atoms with Gasteiger partial charge in [-0.05, 0) is 34.3 Å². The van der Waals surface area contributed by atoms with Crippen LogP contribution in [0.5, 0.6) is 5.75 Å². The highest BCUT2D eigenvalue weighted by Crippen LogP contribution is 2.36. The Kier molecular flexibility index (Phi) is 4.93. The fraction of sp³-hybridized carbons (Fsp3) is 0.111. The van der Waals surface area contributed by atoms with E-state index in [1.807, 2.05) is 0 Å². The first-order valence-corrected chi connectivity index (χ1v) is 6.44. The second-order valence-electron chi connectivity index (χ2n) is 2.62. The molecule has 1 rings (SSSR count). The topological polar surface area (TPSA) is 68.4 Å². The number of phenolic OH excluding ortho intramolecular Hbond substituents is 1. The minimum absolute atomic E-state index is 0.0282. The maximum atomic E-state index is 9.42. The SMILES string of the molecule is CSC(=Nc1cc(Cl)c(O)c(Br)c1)NC#N. The molecule has 84 valence electrons. The Hall–Kier alpha value is -0.900. The lowest BCUT2D eigenvalue weighted by molar-refractivity contribution is 0.472. The third kappa shape index (κ3) is 3.30. The summed E-state index contributed by atoms with van der Waals surface area (Å²) < 4.78 is 0.455. The van der Waals surface area contributed by atoms with Gasteiger partial charge >= 0.3 is 0 Å². The number of aliphatic imine (C=N–C) groups is 1. The number of nitrogens with zero attached hydrogens (tertiary/aromatic N) is 2. The summed E-state index contributed by atoms with van der Waals surface area (Å²) >= 11 is 10.2. The van der Waals surface area contributed by atoms with Crippen molar-refractivity contribution in [2.75, 3.05) is 6.26 Å². The van der Waals surface area contributed by atoms with Crippen LogP contribution in [0.25, 0.3) is 0 Å². The predicted molar refractivity (Wildman–Crippen MR) is 70.2 cm³/mol. The molecule has 0 amide bonds. The lowest BCUT2D eigenvalue weighted by Gasteiger charge is -2.03. The summed E-state index contributed by atoms with van der Waals surface area (Å²) in [6.45, 7) is 0. The number of halogens is 2. The summed E-state index contributed by atoms with van der Waals surface area (Å²) in [7, 11) is 0. The first-order chi connectivity index (χ1) is 7.58. The number of hydrogen-bond donors (Lipinski definition) is 2. The Morgan fingerprint density at radius 3 is 2.88 bits per heavy atom. The summed E-state index contributed by atoms with van der Waals surface area (Å²) in [5.74, 6) is -0.0282. The Bertz CT molecular complexity index is 449. The molecule has 4 nitrogen and oxygen atoms in total. The van der Waals surface area contributed by atoms with Gasteiger partial charge in [0.05, 0.1) is 15.2 Å². The highest BCUT2D eigenvalue weighted by Gasteiger charge is 2.06. The Labute approximate surface area is 110 Å². The fourth-order valence-electron chi connectivity index (χ4n) is 0.906. The van der Waals surface area contributed by atoms with Crippen LogP contribution >= 0.6 is 39.3 Å². The van der Waals surface area contributed by atoms with Crippen LogP contribution in [-0.2, 0) is 0 Å². The van der Waals surface area contributed by atoms with E-state index in [9.17, 15) is 5.11 Å². The number of aromatic hydroxyl groups is 1. The van der Waals surface area contributed by atoms with Gasteiger partial charge in [0.2, 0.25) is 0 Å². The number of nitriles is 1. The Morgan fingerprint density at radius 1 is 1.69 bits per heavy atom. The van der Waals surface area contributed by atoms with Crippen molar-refractivity contribution in [1.29, 1.82) is 5.26 Å². The maximum Gasteiger partial charge on any atom is 0.183 e. The van der Waals surface area contributed by atoms with E-state index in [4.69, 9.17) is 16.9 Å². The third-order valence-corrected chi connectivity index (χ3v) is 3.06. The van der Waals surface area contributed by atoms with Crippen molar-refractivity contribution in [3.05, 3.63) is 21.6 Å². The number of phenols is 1. The monoisotopic (exact) mass is 319 g/mol. The lowest BCUT2D eigenvalue weighted by Crippen LogP contribution is -2.12. The Morgan fingerprint density at radius 2 is 2.38 bits per heavy atom. The minimum Gasteiger partial charge on any atom is -0.505 e. The molecule has 0 saturated carbocycles. The summed E-state index contributed by atoms with van der Waals surface area (Å²) in [4.78, 5) is 4.15. The molecule has 0 radical (unpaired) electrons. The number of thioether (sulfide) groups is 1. The zero-order chi connectivity index (χ0) is 12.1. The van der Waals surface area contributed by atoms with Crippen LogP contribution in [-0.4, -0.2) is 16.5 Å². The third-order valence-electron chi connectivity index (χ3n) is 1.59. The van der Waals surface area contributed by atoms with E-state index >= 15 is 0 Å². The standard InChI is InChI=1S/C9H7BrClN3OS/c1-16-9(13-4-12)14-5-2-6(10)8(15)7(11)3-5/h2-3,15H,1H3,(H,13,14). The van der Waals surface area contributed by atoms with Gasteiger partial charge < -0.3 is 5.11 Å². The van der Waals surface area contributed by atoms with Gasteiger partial charge in [-0.1, -0.05) is 23.4 Å². The molecule has 0 unspecified atom stereocenters. The molecule has 0 fully saturated rings. The highest BCUT2D eigenvalue weighted by molar-refractivity contribution is 9.10. The van der Waals surface area contributed by atoms with Crippen LogP contribution in [0.2, 0.25) is 5.02 Å². The van der Waals surface area contributed by atoms with Crippen molar-refractivity contribution in [2.45, 2.75) is 0 Å². The van der Waals surface area contributed by atoms with Crippen LogP contribution in [0.3, 0.4) is 0 Å². The smallest absolute Gasteiger partial charge is 0.183 e. The van der Waals surface area contributed by atoms with Crippen molar-refractivity contribution >= 4 is 50.1 Å². The van der Waals surface area contributed by atoms with Gasteiger partial charge in [0.25, 0.3) is 0 Å². The molecule has 0 bridgehead atoms. The molecule has 0 saturated heterocycles. The van der Waals surface area contributed by atoms with Crippen molar-refractivity contribution in [3.63, 3.8) is 0 Å². The molecule has 0 aliphatic carbocycles. The molecule has 0 aromatic heterocycles. The minimum atomic E-state index is -0.0282. The molecule has 1 aromatic carbocycles. The van der Waals surface area contributed by atoms with E-state index in [-0.39, 0.29) is 10.8 Å². The van der Waals surface area contributed by atoms with Crippen LogP contribution in [0.15, 0.2) is 21.6 Å². The summed E-state index contributed by atoms with van der Waals surface area (Å²) in [6, 6.07) is 3.12. The van der Waals surface area contributed by atoms with E-state index in [0.29, 0.717) is 15.3 Å². The van der Waals surface area contributed by atoms with Gasteiger partial charge in [-0.25, -0.2) is 4.99 Å². The molecule has 0 spiro atoms. The van der Waals surface area contributed by atoms with Crippen LogP contribution < -0.4 is 5.32 Å². The van der Waals surface area contributed by atoms with Gasteiger partial charge in [-0.15, -0.1) is 0 Å². The number of rotatable bonds is 1. The molecule has 0 aliphatic rings. The molecule has 0 atom stereocenters. The Balaban J connectivity index is 3.11. The van der Waals surface area contributed by atoms with E-state index in [0.717, 1.165) is 0 Å². The maximum absolute atomic E-state index is 9.42. The normalized spacial score (nSPS) is 11.0. The number of amidine groups is 1. The largest absolute Gasteiger partial charge is 0.505 e. The molecule has 2 N–H and O–H groups in total. The molecular formula is C9H7BrClN3OS. The van der Waals surface area contributed by atoms with E-state index < -0.39 is 0 Å². The zero-order valence-corrected chi connectivity index (χ0v) is 11.3. The van der Waals surface area contributed by atoms with Gasteiger partial charge in [0, 0.05) is 0 Å². The van der Waals surface area contributed by atoms with Crippen molar-refractivity contribution in [3.8, 4) is 11.9 Å². The van der Waals surface area contributed by atoms with Gasteiger partial charge in [0.15, 0.2) is 11.4 Å². The molecule has 7 heteroatoms. The zero-order valence-electron chi connectivity index (χ0n) is 8.16. The molecule has 16 heavy (non-hydrogen) atoms. The molecule has 0 heterocycles. The van der Waals surface area contributed by atoms with Gasteiger partial charge in [-0.2, -0.15) is 5.26 Å².